The second kappa shape index (κ2) is 8.65. The van der Waals surface area contributed by atoms with Crippen molar-refractivity contribution in [2.24, 2.45) is 5.92 Å². The molecule has 3 rings (SSSR count). The van der Waals surface area contributed by atoms with Crippen molar-refractivity contribution in [2.75, 3.05) is 19.5 Å². The number of nitrogens with one attached hydrogen (secondary N) is 1. The normalized spacial score (nSPS) is 16.6. The minimum atomic E-state index is -0.918. The van der Waals surface area contributed by atoms with Crippen LogP contribution in [-0.4, -0.2) is 32.2 Å². The molecule has 2 aromatic rings. The van der Waals surface area contributed by atoms with E-state index in [2.05, 4.69) is 12.2 Å². The van der Waals surface area contributed by atoms with E-state index in [4.69, 9.17) is 14.2 Å². The van der Waals surface area contributed by atoms with Crippen LogP contribution in [0.3, 0.4) is 0 Å². The largest absolute Gasteiger partial charge is 0.493 e. The Balaban J connectivity index is 1.62. The molecule has 1 amide bonds. The lowest BCUT2D eigenvalue weighted by Gasteiger charge is -2.16. The van der Waals surface area contributed by atoms with E-state index < -0.39 is 18.0 Å². The smallest absolute Gasteiger partial charge is 0.349 e. The fourth-order valence-corrected chi connectivity index (χ4v) is 4.33. The number of esters is 1. The summed E-state index contributed by atoms with van der Waals surface area (Å²) in [5, 5.41) is 2.73. The molecule has 150 valence electrons. The number of methoxy groups -OCH3 is 2. The van der Waals surface area contributed by atoms with E-state index in [0.717, 1.165) is 19.3 Å². The van der Waals surface area contributed by atoms with Crippen molar-refractivity contribution < 1.29 is 23.8 Å². The maximum absolute atomic E-state index is 12.5. The van der Waals surface area contributed by atoms with Gasteiger partial charge in [0.05, 0.1) is 14.2 Å². The summed E-state index contributed by atoms with van der Waals surface area (Å²) in [4.78, 5) is 26.7. The number of hydrogen-bond donors (Lipinski definition) is 1. The Morgan fingerprint density at radius 1 is 1.18 bits per heavy atom. The van der Waals surface area contributed by atoms with Crippen molar-refractivity contribution in [1.82, 2.24) is 0 Å². The first kappa shape index (κ1) is 20.2. The molecule has 2 atom stereocenters. The highest BCUT2D eigenvalue weighted by Crippen LogP contribution is 2.33. The molecule has 0 saturated heterocycles. The molecular formula is C21H25NO5S. The van der Waals surface area contributed by atoms with Crippen LogP contribution in [-0.2, 0) is 22.4 Å². The lowest BCUT2D eigenvalue weighted by atomic mass is 9.90. The van der Waals surface area contributed by atoms with Crippen molar-refractivity contribution in [2.45, 2.75) is 39.2 Å². The summed E-state index contributed by atoms with van der Waals surface area (Å²) in [6.45, 7) is 3.78. The molecular weight excluding hydrogens is 378 g/mol. The SMILES string of the molecule is COc1ccc(NC(=O)[C@@H](C)OC(=O)c2cc3c(s2)CC[C@@H](C)C3)cc1OC. The first-order valence-corrected chi connectivity index (χ1v) is 10.1. The summed E-state index contributed by atoms with van der Waals surface area (Å²) in [6, 6.07) is 6.96. The molecule has 0 bridgehead atoms. The highest BCUT2D eigenvalue weighted by molar-refractivity contribution is 7.14. The molecule has 1 aliphatic carbocycles. The number of ether oxygens (including phenoxy) is 3. The number of benzene rings is 1. The van der Waals surface area contributed by atoms with E-state index in [-0.39, 0.29) is 0 Å². The quantitative estimate of drug-likeness (QED) is 0.736. The van der Waals surface area contributed by atoms with E-state index >= 15 is 0 Å². The fourth-order valence-electron chi connectivity index (χ4n) is 3.24. The number of carbonyl (C=O) groups is 2. The van der Waals surface area contributed by atoms with Gasteiger partial charge < -0.3 is 19.5 Å². The summed E-state index contributed by atoms with van der Waals surface area (Å²) in [5.74, 6) is 0.842. The third kappa shape index (κ3) is 4.47. The minimum absolute atomic E-state index is 0.407. The standard InChI is InChI=1S/C21H25NO5S/c1-12-5-8-18-14(9-12)10-19(28-18)21(24)27-13(2)20(23)22-15-6-7-16(25-3)17(11-15)26-4/h6-7,10-13H,5,8-9H2,1-4H3,(H,22,23)/t12-,13-/m1/s1. The van der Waals surface area contributed by atoms with Crippen LogP contribution in [0.15, 0.2) is 24.3 Å². The average Bonchev–Trinajstić information content (AvgIpc) is 3.11. The molecule has 0 radical (unpaired) electrons. The van der Waals surface area contributed by atoms with Crippen LogP contribution in [0.4, 0.5) is 5.69 Å². The molecule has 0 saturated carbocycles. The second-order valence-corrected chi connectivity index (χ2v) is 8.15. The Morgan fingerprint density at radius 2 is 1.93 bits per heavy atom. The number of thiophene rings is 1. The lowest BCUT2D eigenvalue weighted by Crippen LogP contribution is -2.29. The monoisotopic (exact) mass is 403 g/mol. The first-order chi connectivity index (χ1) is 13.4. The Morgan fingerprint density at radius 3 is 2.64 bits per heavy atom. The summed E-state index contributed by atoms with van der Waals surface area (Å²) in [7, 11) is 3.07. The van der Waals surface area contributed by atoms with Gasteiger partial charge >= 0.3 is 5.97 Å². The Kier molecular flexibility index (Phi) is 6.24. The maximum Gasteiger partial charge on any atom is 0.349 e. The zero-order valence-electron chi connectivity index (χ0n) is 16.5. The van der Waals surface area contributed by atoms with Crippen molar-refractivity contribution in [1.29, 1.82) is 0 Å². The van der Waals surface area contributed by atoms with Gasteiger partial charge in [-0.15, -0.1) is 11.3 Å². The van der Waals surface area contributed by atoms with E-state index in [1.807, 2.05) is 6.07 Å². The topological polar surface area (TPSA) is 73.9 Å². The van der Waals surface area contributed by atoms with Gasteiger partial charge in [-0.2, -0.15) is 0 Å². The highest BCUT2D eigenvalue weighted by Gasteiger charge is 2.24. The number of hydrogen-bond acceptors (Lipinski definition) is 6. The van der Waals surface area contributed by atoms with Gasteiger partial charge in [0.1, 0.15) is 4.88 Å². The average molecular weight is 404 g/mol. The van der Waals surface area contributed by atoms with Gasteiger partial charge in [-0.25, -0.2) is 4.79 Å². The summed E-state index contributed by atoms with van der Waals surface area (Å²) in [5.41, 5.74) is 1.77. The van der Waals surface area contributed by atoms with E-state index in [1.165, 1.54) is 28.9 Å². The molecule has 0 unspecified atom stereocenters. The molecule has 0 fully saturated rings. The van der Waals surface area contributed by atoms with Crippen LogP contribution in [0.2, 0.25) is 0 Å². The zero-order chi connectivity index (χ0) is 20.3. The molecule has 1 heterocycles. The summed E-state index contributed by atoms with van der Waals surface area (Å²) < 4.78 is 15.8. The predicted octanol–water partition coefficient (Wildman–Crippen LogP) is 4.07. The van der Waals surface area contributed by atoms with E-state index in [1.54, 1.807) is 32.2 Å². The van der Waals surface area contributed by atoms with Gasteiger partial charge in [0, 0.05) is 16.6 Å². The fraction of sp³-hybridized carbons (Fsp3) is 0.429. The first-order valence-electron chi connectivity index (χ1n) is 9.26. The molecule has 7 heteroatoms. The minimum Gasteiger partial charge on any atom is -0.493 e. The van der Waals surface area contributed by atoms with Crippen molar-refractivity contribution in [3.05, 3.63) is 39.6 Å². The van der Waals surface area contributed by atoms with Crippen LogP contribution in [0, 0.1) is 5.92 Å². The Bertz CT molecular complexity index is 876. The van der Waals surface area contributed by atoms with Gasteiger partial charge in [-0.05, 0) is 55.9 Å². The predicted molar refractivity (Wildman–Crippen MR) is 109 cm³/mol. The molecule has 0 spiro atoms. The number of anilines is 1. The second-order valence-electron chi connectivity index (χ2n) is 7.01. The third-order valence-electron chi connectivity index (χ3n) is 4.83. The summed E-state index contributed by atoms with van der Waals surface area (Å²) >= 11 is 1.48. The molecule has 0 aliphatic heterocycles. The number of amides is 1. The third-order valence-corrected chi connectivity index (χ3v) is 6.05. The van der Waals surface area contributed by atoms with Crippen molar-refractivity contribution in [3.63, 3.8) is 0 Å². The molecule has 1 aliphatic rings. The van der Waals surface area contributed by atoms with Gasteiger partial charge in [-0.3, -0.25) is 4.79 Å². The van der Waals surface area contributed by atoms with Crippen LogP contribution in [0.5, 0.6) is 11.5 Å². The van der Waals surface area contributed by atoms with Gasteiger partial charge in [0.25, 0.3) is 5.91 Å². The van der Waals surface area contributed by atoms with Gasteiger partial charge in [0.15, 0.2) is 17.6 Å². The van der Waals surface area contributed by atoms with E-state index in [0.29, 0.717) is 28.0 Å². The molecule has 28 heavy (non-hydrogen) atoms. The molecule has 1 aromatic carbocycles. The molecule has 1 aromatic heterocycles. The molecule has 1 N–H and O–H groups in total. The van der Waals surface area contributed by atoms with Crippen LogP contribution >= 0.6 is 11.3 Å². The number of aryl methyl sites for hydroxylation is 1. The lowest BCUT2D eigenvalue weighted by molar-refractivity contribution is -0.123. The van der Waals surface area contributed by atoms with Crippen LogP contribution in [0.25, 0.3) is 0 Å². The number of carbonyl (C=O) groups excluding carboxylic acids is 2. The summed E-state index contributed by atoms with van der Waals surface area (Å²) in [6.07, 6.45) is 2.23. The van der Waals surface area contributed by atoms with Crippen molar-refractivity contribution in [3.8, 4) is 11.5 Å². The Hall–Kier alpha value is -2.54. The van der Waals surface area contributed by atoms with Crippen molar-refractivity contribution >= 4 is 28.9 Å². The number of rotatable bonds is 6. The zero-order valence-corrected chi connectivity index (χ0v) is 17.4. The highest BCUT2D eigenvalue weighted by atomic mass is 32.1. The van der Waals surface area contributed by atoms with E-state index in [9.17, 15) is 9.59 Å². The molecule has 6 nitrogen and oxygen atoms in total. The maximum atomic E-state index is 12.5. The Labute approximate surface area is 168 Å². The van der Waals surface area contributed by atoms with Gasteiger partial charge in [0.2, 0.25) is 0 Å². The number of fused-ring (bicyclic) bond motifs is 1. The van der Waals surface area contributed by atoms with Crippen LogP contribution < -0.4 is 14.8 Å². The van der Waals surface area contributed by atoms with Gasteiger partial charge in [-0.1, -0.05) is 6.92 Å². The van der Waals surface area contributed by atoms with Crippen LogP contribution in [0.1, 0.15) is 40.4 Å².